The van der Waals surface area contributed by atoms with Gasteiger partial charge in [-0.2, -0.15) is 0 Å². The Kier molecular flexibility index (Phi) is 7.83. The number of halogens is 1. The molecule has 0 aliphatic rings. The van der Waals surface area contributed by atoms with E-state index in [1.165, 1.54) is 11.3 Å². The molecule has 1 aromatic heterocycles. The molecule has 7 heteroatoms. The van der Waals surface area contributed by atoms with Crippen molar-refractivity contribution in [2.75, 3.05) is 25.0 Å². The zero-order valence-electron chi connectivity index (χ0n) is 16.2. The van der Waals surface area contributed by atoms with Crippen molar-refractivity contribution in [2.24, 2.45) is 0 Å². The fourth-order valence-corrected chi connectivity index (χ4v) is 4.07. The van der Waals surface area contributed by atoms with E-state index in [1.54, 1.807) is 0 Å². The lowest BCUT2D eigenvalue weighted by Crippen LogP contribution is -2.40. The van der Waals surface area contributed by atoms with E-state index in [2.05, 4.69) is 10.6 Å². The van der Waals surface area contributed by atoms with Crippen molar-refractivity contribution in [1.29, 1.82) is 0 Å². The van der Waals surface area contributed by atoms with Crippen molar-refractivity contribution in [3.8, 4) is 0 Å². The third-order valence-corrected chi connectivity index (χ3v) is 5.43. The summed E-state index contributed by atoms with van der Waals surface area (Å²) in [6, 6.07) is 7.87. The zero-order chi connectivity index (χ0) is 20.0. The number of aryl methyl sites for hydroxylation is 3. The van der Waals surface area contributed by atoms with Crippen LogP contribution in [0.2, 0.25) is 4.34 Å². The minimum absolute atomic E-state index is 0.0476. The van der Waals surface area contributed by atoms with Crippen molar-refractivity contribution in [3.63, 3.8) is 0 Å². The quantitative estimate of drug-likeness (QED) is 0.697. The zero-order valence-corrected chi connectivity index (χ0v) is 17.8. The maximum Gasteiger partial charge on any atom is 0.243 e. The van der Waals surface area contributed by atoms with Crippen LogP contribution in [0, 0.1) is 20.8 Å². The second kappa shape index (κ2) is 9.88. The molecule has 0 saturated carbocycles. The normalized spacial score (nSPS) is 10.9. The Morgan fingerprint density at radius 3 is 2.33 bits per heavy atom. The number of benzene rings is 1. The average molecular weight is 408 g/mol. The molecular weight excluding hydrogens is 382 g/mol. The Morgan fingerprint density at radius 1 is 1.11 bits per heavy atom. The predicted octanol–water partition coefficient (Wildman–Crippen LogP) is 3.90. The Balaban J connectivity index is 1.82. The van der Waals surface area contributed by atoms with Gasteiger partial charge in [0.1, 0.15) is 0 Å². The maximum atomic E-state index is 12.2. The van der Waals surface area contributed by atoms with Gasteiger partial charge in [-0.25, -0.2) is 0 Å². The van der Waals surface area contributed by atoms with Crippen LogP contribution < -0.4 is 10.6 Å². The van der Waals surface area contributed by atoms with Crippen LogP contribution in [0.5, 0.6) is 0 Å². The Morgan fingerprint density at radius 2 is 1.78 bits per heavy atom. The average Bonchev–Trinajstić information content (AvgIpc) is 3.00. The second-order valence-electron chi connectivity index (χ2n) is 6.61. The molecule has 27 heavy (non-hydrogen) atoms. The monoisotopic (exact) mass is 407 g/mol. The summed E-state index contributed by atoms with van der Waals surface area (Å²) in [5.74, 6) is -0.404. The Hall–Kier alpha value is -1.89. The molecule has 0 aliphatic carbocycles. The minimum Gasteiger partial charge on any atom is -0.346 e. The van der Waals surface area contributed by atoms with Crippen LogP contribution in [-0.2, 0) is 16.1 Å². The minimum atomic E-state index is -0.230. The molecule has 0 unspecified atom stereocenters. The van der Waals surface area contributed by atoms with Crippen molar-refractivity contribution < 1.29 is 9.59 Å². The molecule has 0 bridgehead atoms. The number of hydrogen-bond acceptors (Lipinski definition) is 4. The number of carbonyl (C=O) groups is 2. The summed E-state index contributed by atoms with van der Waals surface area (Å²) in [5.41, 5.74) is 3.99. The molecule has 146 valence electrons. The molecule has 0 saturated heterocycles. The van der Waals surface area contributed by atoms with Gasteiger partial charge in [0.15, 0.2) is 0 Å². The Labute approximate surface area is 169 Å². The first-order valence-corrected chi connectivity index (χ1v) is 10.1. The molecule has 0 radical (unpaired) electrons. The van der Waals surface area contributed by atoms with E-state index in [-0.39, 0.29) is 24.9 Å². The van der Waals surface area contributed by atoms with Crippen LogP contribution in [0.1, 0.15) is 28.5 Å². The van der Waals surface area contributed by atoms with Crippen molar-refractivity contribution in [3.05, 3.63) is 50.2 Å². The number of amides is 2. The number of thiophene rings is 1. The molecule has 2 N–H and O–H groups in total. The number of nitrogens with zero attached hydrogens (tertiary/aromatic N) is 1. The van der Waals surface area contributed by atoms with Gasteiger partial charge in [0.25, 0.3) is 0 Å². The molecule has 1 aromatic carbocycles. The molecule has 0 aliphatic heterocycles. The second-order valence-corrected chi connectivity index (χ2v) is 8.41. The van der Waals surface area contributed by atoms with E-state index in [4.69, 9.17) is 11.6 Å². The van der Waals surface area contributed by atoms with Crippen LogP contribution in [0.3, 0.4) is 0 Å². The lowest BCUT2D eigenvalue weighted by molar-refractivity contribution is -0.125. The molecule has 0 atom stereocenters. The Bertz CT molecular complexity index is 796. The molecule has 0 fully saturated rings. The topological polar surface area (TPSA) is 61.4 Å². The first-order chi connectivity index (χ1) is 12.8. The van der Waals surface area contributed by atoms with Crippen molar-refractivity contribution in [1.82, 2.24) is 10.2 Å². The van der Waals surface area contributed by atoms with E-state index < -0.39 is 0 Å². The fourth-order valence-electron chi connectivity index (χ4n) is 2.94. The van der Waals surface area contributed by atoms with Gasteiger partial charge in [-0.3, -0.25) is 14.5 Å². The van der Waals surface area contributed by atoms with Gasteiger partial charge >= 0.3 is 0 Å². The molecule has 0 spiro atoms. The van der Waals surface area contributed by atoms with E-state index in [0.29, 0.717) is 6.54 Å². The molecule has 5 nitrogen and oxygen atoms in total. The first-order valence-electron chi connectivity index (χ1n) is 8.89. The van der Waals surface area contributed by atoms with Gasteiger partial charge in [-0.1, -0.05) is 36.2 Å². The number of carbonyl (C=O) groups excluding carboxylic acids is 2. The summed E-state index contributed by atoms with van der Waals surface area (Å²) in [5, 5.41) is 5.58. The summed E-state index contributed by atoms with van der Waals surface area (Å²) >= 11 is 7.46. The highest BCUT2D eigenvalue weighted by Crippen LogP contribution is 2.23. The summed E-state index contributed by atoms with van der Waals surface area (Å²) in [6.45, 7) is 9.53. The van der Waals surface area contributed by atoms with Gasteiger partial charge in [0, 0.05) is 17.1 Å². The largest absolute Gasteiger partial charge is 0.346 e. The predicted molar refractivity (Wildman–Crippen MR) is 113 cm³/mol. The van der Waals surface area contributed by atoms with Crippen LogP contribution in [0.25, 0.3) is 0 Å². The van der Waals surface area contributed by atoms with Gasteiger partial charge in [0.2, 0.25) is 11.8 Å². The SMILES string of the molecule is CCN(CC(=O)NCC(=O)Nc1c(C)cc(C)cc1C)Cc1ccc(Cl)s1. The van der Waals surface area contributed by atoms with Crippen LogP contribution in [0.4, 0.5) is 5.69 Å². The van der Waals surface area contributed by atoms with Gasteiger partial charge in [0.05, 0.1) is 17.4 Å². The number of likely N-dealkylation sites (N-methyl/N-ethyl adjacent to an activating group) is 1. The highest BCUT2D eigenvalue weighted by Gasteiger charge is 2.13. The van der Waals surface area contributed by atoms with E-state index >= 15 is 0 Å². The molecule has 2 rings (SSSR count). The van der Waals surface area contributed by atoms with Gasteiger partial charge in [-0.05, 0) is 50.6 Å². The number of nitrogens with one attached hydrogen (secondary N) is 2. The van der Waals surface area contributed by atoms with Crippen LogP contribution in [-0.4, -0.2) is 36.3 Å². The maximum absolute atomic E-state index is 12.2. The van der Waals surface area contributed by atoms with Gasteiger partial charge < -0.3 is 10.6 Å². The van der Waals surface area contributed by atoms with Crippen molar-refractivity contribution >= 4 is 40.4 Å². The highest BCUT2D eigenvalue weighted by molar-refractivity contribution is 7.16. The molecule has 2 aromatic rings. The van der Waals surface area contributed by atoms with Crippen molar-refractivity contribution in [2.45, 2.75) is 34.2 Å². The van der Waals surface area contributed by atoms with Gasteiger partial charge in [-0.15, -0.1) is 11.3 Å². The number of rotatable bonds is 8. The highest BCUT2D eigenvalue weighted by atomic mass is 35.5. The summed E-state index contributed by atoms with van der Waals surface area (Å²) in [4.78, 5) is 27.5. The third-order valence-electron chi connectivity index (χ3n) is 4.21. The lowest BCUT2D eigenvalue weighted by atomic mass is 10.1. The molecule has 2 amide bonds. The summed E-state index contributed by atoms with van der Waals surface area (Å²) in [7, 11) is 0. The molecular formula is C20H26ClN3O2S. The van der Waals surface area contributed by atoms with E-state index in [9.17, 15) is 9.59 Å². The van der Waals surface area contributed by atoms with Crippen LogP contribution >= 0.6 is 22.9 Å². The fraction of sp³-hybridized carbons (Fsp3) is 0.400. The van der Waals surface area contributed by atoms with E-state index in [1.807, 2.05) is 56.9 Å². The lowest BCUT2D eigenvalue weighted by Gasteiger charge is -2.19. The standard InChI is InChI=1S/C20H26ClN3O2S/c1-5-24(11-16-6-7-17(21)27-16)12-19(26)22-10-18(25)23-20-14(3)8-13(2)9-15(20)4/h6-9H,5,10-12H2,1-4H3,(H,22,26)(H,23,25). The number of anilines is 1. The number of hydrogen-bond donors (Lipinski definition) is 2. The molecule has 1 heterocycles. The van der Waals surface area contributed by atoms with E-state index in [0.717, 1.165) is 38.1 Å². The smallest absolute Gasteiger partial charge is 0.243 e. The van der Waals surface area contributed by atoms with Crippen LogP contribution in [0.15, 0.2) is 24.3 Å². The summed E-state index contributed by atoms with van der Waals surface area (Å²) < 4.78 is 0.740. The summed E-state index contributed by atoms with van der Waals surface area (Å²) in [6.07, 6.45) is 0. The first kappa shape index (κ1) is 21.4. The third kappa shape index (κ3) is 6.65.